The summed E-state index contributed by atoms with van der Waals surface area (Å²) in [6, 6.07) is 11.4. The summed E-state index contributed by atoms with van der Waals surface area (Å²) in [5, 5.41) is 2.75. The second kappa shape index (κ2) is 10.7. The number of nitrogens with zero attached hydrogens (tertiary/aromatic N) is 1. The van der Waals surface area contributed by atoms with Gasteiger partial charge in [0.1, 0.15) is 12.4 Å². The van der Waals surface area contributed by atoms with Crippen LogP contribution in [0, 0.1) is 12.7 Å². The maximum Gasteiger partial charge on any atom is 0.264 e. The summed E-state index contributed by atoms with van der Waals surface area (Å²) >= 11 is 0. The maximum absolute atomic E-state index is 13.4. The molecule has 1 aliphatic carbocycles. The Labute approximate surface area is 183 Å². The average Bonchev–Trinajstić information content (AvgIpc) is 3.26. The average molecular weight is 449 g/mol. The number of amides is 1. The van der Waals surface area contributed by atoms with Crippen LogP contribution in [0.1, 0.15) is 37.7 Å². The predicted octanol–water partition coefficient (Wildman–Crippen LogP) is 3.79. The smallest absolute Gasteiger partial charge is 0.264 e. The summed E-state index contributed by atoms with van der Waals surface area (Å²) in [6.45, 7) is 2.42. The van der Waals surface area contributed by atoms with E-state index in [0.29, 0.717) is 25.7 Å². The lowest BCUT2D eigenvalue weighted by Crippen LogP contribution is -2.41. The number of hydrogen-bond acceptors (Lipinski definition) is 4. The Balaban J connectivity index is 1.64. The standard InChI is InChI=1S/C23H29FN2O4S/c1-18-7-13-22(14-8-18)31(28,29)26(20-11-9-19(24)10-12-20)17-23(27)25-15-4-16-30-21-5-2-3-6-21/h7-14,21H,2-6,15-17H2,1H3,(H,25,27). The molecule has 3 rings (SSSR count). The third kappa shape index (κ3) is 6.51. The van der Waals surface area contributed by atoms with Crippen LogP contribution < -0.4 is 9.62 Å². The molecule has 6 nitrogen and oxygen atoms in total. The molecule has 0 saturated heterocycles. The van der Waals surface area contributed by atoms with Crippen molar-refractivity contribution >= 4 is 21.6 Å². The summed E-state index contributed by atoms with van der Waals surface area (Å²) in [4.78, 5) is 12.6. The molecule has 0 atom stereocenters. The largest absolute Gasteiger partial charge is 0.378 e. The molecule has 1 N–H and O–H groups in total. The molecule has 1 amide bonds. The van der Waals surface area contributed by atoms with Crippen molar-refractivity contribution in [2.75, 3.05) is 24.0 Å². The van der Waals surface area contributed by atoms with Crippen LogP contribution in [0.15, 0.2) is 53.4 Å². The topological polar surface area (TPSA) is 75.7 Å². The van der Waals surface area contributed by atoms with E-state index in [1.54, 1.807) is 12.1 Å². The second-order valence-corrected chi connectivity index (χ2v) is 9.64. The van der Waals surface area contributed by atoms with E-state index in [2.05, 4.69) is 5.32 Å². The highest BCUT2D eigenvalue weighted by atomic mass is 32.2. The van der Waals surface area contributed by atoms with Crippen molar-refractivity contribution in [3.63, 3.8) is 0 Å². The normalized spacial score (nSPS) is 14.5. The van der Waals surface area contributed by atoms with E-state index >= 15 is 0 Å². The van der Waals surface area contributed by atoms with E-state index in [-0.39, 0.29) is 10.6 Å². The highest BCUT2D eigenvalue weighted by molar-refractivity contribution is 7.92. The van der Waals surface area contributed by atoms with Crippen LogP contribution in [0.5, 0.6) is 0 Å². The van der Waals surface area contributed by atoms with Crippen molar-refractivity contribution in [2.24, 2.45) is 0 Å². The van der Waals surface area contributed by atoms with Gasteiger partial charge in [-0.25, -0.2) is 12.8 Å². The van der Waals surface area contributed by atoms with E-state index < -0.39 is 28.3 Å². The molecule has 168 valence electrons. The second-order valence-electron chi connectivity index (χ2n) is 7.78. The van der Waals surface area contributed by atoms with Crippen LogP contribution in [0.3, 0.4) is 0 Å². The summed E-state index contributed by atoms with van der Waals surface area (Å²) in [5.74, 6) is -0.913. The molecule has 0 unspecified atom stereocenters. The van der Waals surface area contributed by atoms with Crippen molar-refractivity contribution in [3.8, 4) is 0 Å². The first-order chi connectivity index (χ1) is 14.9. The van der Waals surface area contributed by atoms with E-state index in [9.17, 15) is 17.6 Å². The molecule has 8 heteroatoms. The lowest BCUT2D eigenvalue weighted by Gasteiger charge is -2.24. The molecule has 0 bridgehead atoms. The van der Waals surface area contributed by atoms with Crippen LogP contribution in [0.4, 0.5) is 10.1 Å². The number of halogens is 1. The molecule has 0 spiro atoms. The van der Waals surface area contributed by atoms with Gasteiger partial charge in [0.05, 0.1) is 16.7 Å². The predicted molar refractivity (Wildman–Crippen MR) is 118 cm³/mol. The van der Waals surface area contributed by atoms with Crippen LogP contribution in [0.25, 0.3) is 0 Å². The highest BCUT2D eigenvalue weighted by Gasteiger charge is 2.27. The number of sulfonamides is 1. The third-order valence-corrected chi connectivity index (χ3v) is 7.10. The fourth-order valence-electron chi connectivity index (χ4n) is 3.55. The molecule has 2 aromatic rings. The van der Waals surface area contributed by atoms with Crippen molar-refractivity contribution in [1.82, 2.24) is 5.32 Å². The van der Waals surface area contributed by atoms with Gasteiger partial charge in [-0.15, -0.1) is 0 Å². The molecule has 0 aromatic heterocycles. The molecule has 1 saturated carbocycles. The molecule has 0 aliphatic heterocycles. The van der Waals surface area contributed by atoms with Gasteiger partial charge in [0, 0.05) is 13.2 Å². The summed E-state index contributed by atoms with van der Waals surface area (Å²) < 4.78 is 46.6. The van der Waals surface area contributed by atoms with Crippen molar-refractivity contribution in [3.05, 3.63) is 59.9 Å². The lowest BCUT2D eigenvalue weighted by atomic mass is 10.2. The number of nitrogens with one attached hydrogen (secondary N) is 1. The minimum atomic E-state index is -4.00. The Hall–Kier alpha value is -2.45. The first kappa shape index (κ1) is 23.2. The van der Waals surface area contributed by atoms with Gasteiger partial charge < -0.3 is 10.1 Å². The van der Waals surface area contributed by atoms with Gasteiger partial charge in [0.15, 0.2) is 0 Å². The van der Waals surface area contributed by atoms with Gasteiger partial charge >= 0.3 is 0 Å². The molecule has 1 aliphatic rings. The monoisotopic (exact) mass is 448 g/mol. The van der Waals surface area contributed by atoms with Gasteiger partial charge in [-0.3, -0.25) is 9.10 Å². The number of anilines is 1. The fraction of sp³-hybridized carbons (Fsp3) is 0.435. The van der Waals surface area contributed by atoms with Crippen molar-refractivity contribution in [1.29, 1.82) is 0 Å². The van der Waals surface area contributed by atoms with Gasteiger partial charge in [0.25, 0.3) is 10.0 Å². The Morgan fingerprint density at radius 2 is 1.74 bits per heavy atom. The zero-order chi connectivity index (χ0) is 22.3. The van der Waals surface area contributed by atoms with Crippen LogP contribution in [-0.4, -0.2) is 40.1 Å². The Bertz CT molecular complexity index is 956. The summed E-state index contributed by atoms with van der Waals surface area (Å²) in [7, 11) is -4.00. The lowest BCUT2D eigenvalue weighted by molar-refractivity contribution is -0.119. The van der Waals surface area contributed by atoms with Gasteiger partial charge in [-0.2, -0.15) is 0 Å². The number of aryl methyl sites for hydroxylation is 1. The fourth-order valence-corrected chi connectivity index (χ4v) is 4.97. The number of rotatable bonds is 10. The molecule has 0 heterocycles. The Kier molecular flexibility index (Phi) is 8.03. The van der Waals surface area contributed by atoms with Gasteiger partial charge in [-0.1, -0.05) is 30.5 Å². The molecule has 31 heavy (non-hydrogen) atoms. The minimum absolute atomic E-state index is 0.0696. The number of carbonyl (C=O) groups is 1. The molecule has 2 aromatic carbocycles. The number of benzene rings is 2. The number of hydrogen-bond donors (Lipinski definition) is 1. The van der Waals surface area contributed by atoms with Crippen molar-refractivity contribution in [2.45, 2.75) is 50.0 Å². The Morgan fingerprint density at radius 3 is 2.39 bits per heavy atom. The van der Waals surface area contributed by atoms with Crippen molar-refractivity contribution < 1.29 is 22.3 Å². The van der Waals surface area contributed by atoms with E-state index in [1.165, 1.54) is 49.2 Å². The van der Waals surface area contributed by atoms with Gasteiger partial charge in [-0.05, 0) is 62.6 Å². The molecule has 1 fully saturated rings. The SMILES string of the molecule is Cc1ccc(S(=O)(=O)N(CC(=O)NCCCOC2CCCC2)c2ccc(F)cc2)cc1. The summed E-state index contributed by atoms with van der Waals surface area (Å²) in [6.07, 6.45) is 5.57. The number of carbonyl (C=O) groups excluding carboxylic acids is 1. The quantitative estimate of drug-likeness (QED) is 0.561. The highest BCUT2D eigenvalue weighted by Crippen LogP contribution is 2.24. The minimum Gasteiger partial charge on any atom is -0.378 e. The van der Waals surface area contributed by atoms with Crippen LogP contribution >= 0.6 is 0 Å². The zero-order valence-electron chi connectivity index (χ0n) is 17.7. The number of ether oxygens (including phenoxy) is 1. The summed E-state index contributed by atoms with van der Waals surface area (Å²) in [5.41, 5.74) is 1.14. The van der Waals surface area contributed by atoms with Gasteiger partial charge in [0.2, 0.25) is 5.91 Å². The molecular weight excluding hydrogens is 419 g/mol. The first-order valence-electron chi connectivity index (χ1n) is 10.6. The van der Waals surface area contributed by atoms with E-state index in [4.69, 9.17) is 4.74 Å². The van der Waals surface area contributed by atoms with Crippen LogP contribution in [0.2, 0.25) is 0 Å². The maximum atomic E-state index is 13.4. The Morgan fingerprint density at radius 1 is 1.10 bits per heavy atom. The first-order valence-corrected chi connectivity index (χ1v) is 12.0. The zero-order valence-corrected chi connectivity index (χ0v) is 18.5. The van der Waals surface area contributed by atoms with E-state index in [0.717, 1.165) is 22.7 Å². The van der Waals surface area contributed by atoms with Crippen LogP contribution in [-0.2, 0) is 19.6 Å². The third-order valence-electron chi connectivity index (χ3n) is 5.31. The molecular formula is C23H29FN2O4S. The molecule has 0 radical (unpaired) electrons. The van der Waals surface area contributed by atoms with E-state index in [1.807, 2.05) is 6.92 Å².